The Morgan fingerprint density at radius 1 is 1.67 bits per heavy atom. The standard InChI is InChI=1S/C8H12IN3/c9-8-3-5-12(11-8)7-2-1-4-10-6-7/h3,5,7,10H,1-2,4,6H2/t7-/m0/s1. The number of hydrogen-bond acceptors (Lipinski definition) is 2. The molecule has 3 nitrogen and oxygen atoms in total. The van der Waals surface area contributed by atoms with Gasteiger partial charge in [0.15, 0.2) is 0 Å². The molecule has 1 aliphatic heterocycles. The highest BCUT2D eigenvalue weighted by atomic mass is 127. The van der Waals surface area contributed by atoms with E-state index in [1.165, 1.54) is 12.8 Å². The summed E-state index contributed by atoms with van der Waals surface area (Å²) in [5.41, 5.74) is 0. The summed E-state index contributed by atoms with van der Waals surface area (Å²) in [5, 5.41) is 7.78. The van der Waals surface area contributed by atoms with Crippen LogP contribution in [0, 0.1) is 3.70 Å². The van der Waals surface area contributed by atoms with Crippen LogP contribution < -0.4 is 5.32 Å². The first-order valence-corrected chi connectivity index (χ1v) is 5.35. The van der Waals surface area contributed by atoms with Gasteiger partial charge in [-0.1, -0.05) is 0 Å². The van der Waals surface area contributed by atoms with Crippen LogP contribution >= 0.6 is 22.6 Å². The lowest BCUT2D eigenvalue weighted by Gasteiger charge is -2.22. The molecule has 0 spiro atoms. The summed E-state index contributed by atoms with van der Waals surface area (Å²) in [7, 11) is 0. The normalized spacial score (nSPS) is 24.2. The second-order valence-electron chi connectivity index (χ2n) is 3.12. The summed E-state index contributed by atoms with van der Waals surface area (Å²) in [5.74, 6) is 0. The van der Waals surface area contributed by atoms with E-state index in [1.807, 2.05) is 0 Å². The van der Waals surface area contributed by atoms with E-state index in [0.29, 0.717) is 6.04 Å². The molecule has 0 bridgehead atoms. The first kappa shape index (κ1) is 8.50. The van der Waals surface area contributed by atoms with E-state index < -0.39 is 0 Å². The molecule has 1 aromatic rings. The van der Waals surface area contributed by atoms with Gasteiger partial charge in [-0.25, -0.2) is 0 Å². The molecule has 2 rings (SSSR count). The topological polar surface area (TPSA) is 29.9 Å². The van der Waals surface area contributed by atoms with Crippen molar-refractivity contribution in [2.24, 2.45) is 0 Å². The zero-order chi connectivity index (χ0) is 8.39. The second kappa shape index (κ2) is 3.74. The van der Waals surface area contributed by atoms with Gasteiger partial charge in [-0.2, -0.15) is 5.10 Å². The number of nitrogens with zero attached hydrogens (tertiary/aromatic N) is 2. The summed E-state index contributed by atoms with van der Waals surface area (Å²) in [4.78, 5) is 0. The van der Waals surface area contributed by atoms with Crippen molar-refractivity contribution in [1.29, 1.82) is 0 Å². The van der Waals surface area contributed by atoms with Crippen LogP contribution in [0.2, 0.25) is 0 Å². The van der Waals surface area contributed by atoms with E-state index >= 15 is 0 Å². The summed E-state index contributed by atoms with van der Waals surface area (Å²) in [6.07, 6.45) is 4.59. The van der Waals surface area contributed by atoms with E-state index in [0.717, 1.165) is 16.8 Å². The molecule has 1 saturated heterocycles. The van der Waals surface area contributed by atoms with Gasteiger partial charge in [0.2, 0.25) is 0 Å². The van der Waals surface area contributed by atoms with Crippen molar-refractivity contribution in [3.63, 3.8) is 0 Å². The fourth-order valence-corrected chi connectivity index (χ4v) is 1.99. The molecular formula is C8H12IN3. The van der Waals surface area contributed by atoms with Gasteiger partial charge in [-0.3, -0.25) is 4.68 Å². The number of piperidine rings is 1. The largest absolute Gasteiger partial charge is 0.315 e. The molecule has 1 fully saturated rings. The van der Waals surface area contributed by atoms with Crippen LogP contribution in [0.5, 0.6) is 0 Å². The minimum Gasteiger partial charge on any atom is -0.315 e. The van der Waals surface area contributed by atoms with Crippen LogP contribution in [-0.2, 0) is 0 Å². The fourth-order valence-electron chi connectivity index (χ4n) is 1.58. The maximum atomic E-state index is 4.40. The van der Waals surface area contributed by atoms with Crippen LogP contribution in [0.4, 0.5) is 0 Å². The third-order valence-corrected chi connectivity index (χ3v) is 2.80. The fraction of sp³-hybridized carbons (Fsp3) is 0.625. The Balaban J connectivity index is 2.08. The summed E-state index contributed by atoms with van der Waals surface area (Å²) >= 11 is 2.24. The van der Waals surface area contributed by atoms with Crippen molar-refractivity contribution < 1.29 is 0 Å². The average Bonchev–Trinajstić information content (AvgIpc) is 2.54. The van der Waals surface area contributed by atoms with E-state index in [1.54, 1.807) is 0 Å². The maximum Gasteiger partial charge on any atom is 0.123 e. The van der Waals surface area contributed by atoms with Crippen molar-refractivity contribution in [2.45, 2.75) is 18.9 Å². The first-order chi connectivity index (χ1) is 5.86. The van der Waals surface area contributed by atoms with E-state index in [2.05, 4.69) is 50.0 Å². The Morgan fingerprint density at radius 2 is 2.58 bits per heavy atom. The van der Waals surface area contributed by atoms with Crippen LogP contribution in [-0.4, -0.2) is 22.9 Å². The van der Waals surface area contributed by atoms with Crippen molar-refractivity contribution in [3.05, 3.63) is 16.0 Å². The molecular weight excluding hydrogens is 265 g/mol. The number of hydrogen-bond donors (Lipinski definition) is 1. The molecule has 1 aliphatic rings. The first-order valence-electron chi connectivity index (χ1n) is 4.27. The van der Waals surface area contributed by atoms with Crippen LogP contribution in [0.3, 0.4) is 0 Å². The van der Waals surface area contributed by atoms with Gasteiger partial charge >= 0.3 is 0 Å². The van der Waals surface area contributed by atoms with Gasteiger partial charge < -0.3 is 5.32 Å². The molecule has 66 valence electrons. The summed E-state index contributed by atoms with van der Waals surface area (Å²) < 4.78 is 3.16. The minimum absolute atomic E-state index is 0.572. The van der Waals surface area contributed by atoms with Gasteiger partial charge in [-0.05, 0) is 48.0 Å². The van der Waals surface area contributed by atoms with Crippen molar-refractivity contribution in [2.75, 3.05) is 13.1 Å². The Hall–Kier alpha value is -0.100. The molecule has 0 radical (unpaired) electrons. The quantitative estimate of drug-likeness (QED) is 0.787. The van der Waals surface area contributed by atoms with Gasteiger partial charge in [-0.15, -0.1) is 0 Å². The lowest BCUT2D eigenvalue weighted by molar-refractivity contribution is 0.346. The minimum atomic E-state index is 0.572. The number of aromatic nitrogens is 2. The smallest absolute Gasteiger partial charge is 0.123 e. The van der Waals surface area contributed by atoms with Crippen molar-refractivity contribution in [3.8, 4) is 0 Å². The molecule has 1 aromatic heterocycles. The molecule has 1 atom stereocenters. The number of nitrogens with one attached hydrogen (secondary N) is 1. The second-order valence-corrected chi connectivity index (χ2v) is 4.22. The Labute approximate surface area is 85.7 Å². The van der Waals surface area contributed by atoms with Crippen molar-refractivity contribution >= 4 is 22.6 Å². The van der Waals surface area contributed by atoms with Gasteiger partial charge in [0.25, 0.3) is 0 Å². The summed E-state index contributed by atoms with van der Waals surface area (Å²) in [6, 6.07) is 2.62. The lowest BCUT2D eigenvalue weighted by atomic mass is 10.1. The Morgan fingerprint density at radius 3 is 3.17 bits per heavy atom. The Bertz CT molecular complexity index is 253. The van der Waals surface area contributed by atoms with Gasteiger partial charge in [0.1, 0.15) is 3.70 Å². The maximum absolute atomic E-state index is 4.40. The molecule has 12 heavy (non-hydrogen) atoms. The van der Waals surface area contributed by atoms with Crippen LogP contribution in [0.1, 0.15) is 18.9 Å². The van der Waals surface area contributed by atoms with E-state index in [-0.39, 0.29) is 0 Å². The summed E-state index contributed by atoms with van der Waals surface area (Å²) in [6.45, 7) is 2.23. The van der Waals surface area contributed by atoms with Gasteiger partial charge in [0, 0.05) is 12.7 Å². The predicted molar refractivity (Wildman–Crippen MR) is 56.1 cm³/mol. The third kappa shape index (κ3) is 1.80. The molecule has 0 saturated carbocycles. The molecule has 0 amide bonds. The molecule has 0 unspecified atom stereocenters. The molecule has 0 aromatic carbocycles. The SMILES string of the molecule is Ic1ccn([C@H]2CCCNC2)n1. The molecule has 4 heteroatoms. The lowest BCUT2D eigenvalue weighted by Crippen LogP contribution is -2.31. The predicted octanol–water partition coefficient (Wildman–Crippen LogP) is 1.41. The van der Waals surface area contributed by atoms with E-state index in [4.69, 9.17) is 0 Å². The number of rotatable bonds is 1. The van der Waals surface area contributed by atoms with Gasteiger partial charge in [0.05, 0.1) is 6.04 Å². The van der Waals surface area contributed by atoms with Crippen molar-refractivity contribution in [1.82, 2.24) is 15.1 Å². The number of halogens is 1. The monoisotopic (exact) mass is 277 g/mol. The highest BCUT2D eigenvalue weighted by molar-refractivity contribution is 14.1. The highest BCUT2D eigenvalue weighted by Gasteiger charge is 2.14. The van der Waals surface area contributed by atoms with Crippen LogP contribution in [0.15, 0.2) is 12.3 Å². The average molecular weight is 277 g/mol. The zero-order valence-electron chi connectivity index (χ0n) is 6.83. The van der Waals surface area contributed by atoms with Crippen LogP contribution in [0.25, 0.3) is 0 Å². The molecule has 1 N–H and O–H groups in total. The third-order valence-electron chi connectivity index (χ3n) is 2.22. The zero-order valence-corrected chi connectivity index (χ0v) is 8.99. The highest BCUT2D eigenvalue weighted by Crippen LogP contribution is 2.15. The molecule has 2 heterocycles. The molecule has 0 aliphatic carbocycles. The van der Waals surface area contributed by atoms with E-state index in [9.17, 15) is 0 Å². The Kier molecular flexibility index (Phi) is 2.65.